The number of fused-ring (bicyclic) bond motifs is 1. The number of benzene rings is 1. The summed E-state index contributed by atoms with van der Waals surface area (Å²) in [5, 5.41) is 8.79. The van der Waals surface area contributed by atoms with Gasteiger partial charge in [0.25, 0.3) is 0 Å². The van der Waals surface area contributed by atoms with E-state index in [1.165, 1.54) is 10.4 Å². The third kappa shape index (κ3) is 2.18. The van der Waals surface area contributed by atoms with Gasteiger partial charge < -0.3 is 5.32 Å². The van der Waals surface area contributed by atoms with Gasteiger partial charge in [0.05, 0.1) is 16.3 Å². The van der Waals surface area contributed by atoms with Crippen LogP contribution in [0, 0.1) is 0 Å². The lowest BCUT2D eigenvalue weighted by Crippen LogP contribution is -2.04. The molecule has 4 heteroatoms. The molecule has 0 aliphatic carbocycles. The van der Waals surface area contributed by atoms with Crippen LogP contribution in [-0.2, 0) is 0 Å². The number of hydrogen-bond acceptors (Lipinski definition) is 4. The lowest BCUT2D eigenvalue weighted by molar-refractivity contribution is 0.875. The number of anilines is 1. The molecule has 3 rings (SSSR count). The Kier molecular flexibility index (Phi) is 2.82. The first-order valence-corrected chi connectivity index (χ1v) is 7.23. The summed E-state index contributed by atoms with van der Waals surface area (Å²) >= 11 is 3.46. The lowest BCUT2D eigenvalue weighted by Gasteiger charge is -2.10. The minimum absolute atomic E-state index is 0.252. The van der Waals surface area contributed by atoms with Crippen LogP contribution in [0.5, 0.6) is 0 Å². The zero-order chi connectivity index (χ0) is 11.7. The van der Waals surface area contributed by atoms with Crippen LogP contribution in [-0.4, -0.2) is 4.98 Å². The molecule has 0 aliphatic rings. The van der Waals surface area contributed by atoms with E-state index in [9.17, 15) is 0 Å². The number of hydrogen-bond donors (Lipinski definition) is 1. The molecule has 0 aliphatic heterocycles. The lowest BCUT2D eigenvalue weighted by atomic mass is 10.3. The predicted octanol–water partition coefficient (Wildman–Crippen LogP) is 4.53. The van der Waals surface area contributed by atoms with E-state index in [4.69, 9.17) is 0 Å². The fourth-order valence-corrected chi connectivity index (χ4v) is 3.30. The summed E-state index contributed by atoms with van der Waals surface area (Å²) in [4.78, 5) is 4.65. The summed E-state index contributed by atoms with van der Waals surface area (Å²) in [6.07, 6.45) is 0. The Morgan fingerprint density at radius 1 is 1.24 bits per heavy atom. The van der Waals surface area contributed by atoms with Crippen LogP contribution in [0.1, 0.15) is 18.0 Å². The second-order valence-corrected chi connectivity index (χ2v) is 5.74. The number of thiophene rings is 1. The Morgan fingerprint density at radius 2 is 2.12 bits per heavy atom. The predicted molar refractivity (Wildman–Crippen MR) is 76.0 cm³/mol. The molecule has 1 unspecified atom stereocenters. The molecule has 1 N–H and O–H groups in total. The van der Waals surface area contributed by atoms with E-state index >= 15 is 0 Å². The van der Waals surface area contributed by atoms with Gasteiger partial charge in [-0.3, -0.25) is 0 Å². The number of thiazole rings is 1. The van der Waals surface area contributed by atoms with Crippen LogP contribution >= 0.6 is 22.7 Å². The fourth-order valence-electron chi connectivity index (χ4n) is 1.73. The molecular formula is C13H12N2S2. The van der Waals surface area contributed by atoms with Gasteiger partial charge in [0.2, 0.25) is 0 Å². The maximum Gasteiger partial charge on any atom is 0.116 e. The third-order valence-corrected chi connectivity index (χ3v) is 4.49. The van der Waals surface area contributed by atoms with Crippen molar-refractivity contribution in [1.29, 1.82) is 0 Å². The van der Waals surface area contributed by atoms with Crippen molar-refractivity contribution in [3.63, 3.8) is 0 Å². The van der Waals surface area contributed by atoms with E-state index in [0.717, 1.165) is 10.5 Å². The molecule has 0 radical (unpaired) electrons. The largest absolute Gasteiger partial charge is 0.375 e. The maximum absolute atomic E-state index is 4.65. The zero-order valence-electron chi connectivity index (χ0n) is 9.38. The van der Waals surface area contributed by atoms with Crippen molar-refractivity contribution in [2.45, 2.75) is 13.0 Å². The van der Waals surface area contributed by atoms with Crippen LogP contribution in [0.3, 0.4) is 0 Å². The molecule has 0 spiro atoms. The van der Waals surface area contributed by atoms with Crippen LogP contribution in [0.2, 0.25) is 0 Å². The van der Waals surface area contributed by atoms with Gasteiger partial charge >= 0.3 is 0 Å². The molecule has 0 amide bonds. The smallest absolute Gasteiger partial charge is 0.116 e. The fraction of sp³-hybridized carbons (Fsp3) is 0.154. The second kappa shape index (κ2) is 4.47. The van der Waals surface area contributed by atoms with E-state index in [2.05, 4.69) is 52.3 Å². The molecule has 2 aromatic heterocycles. The van der Waals surface area contributed by atoms with Crippen molar-refractivity contribution < 1.29 is 0 Å². The van der Waals surface area contributed by atoms with Gasteiger partial charge in [-0.25, -0.2) is 4.98 Å². The van der Waals surface area contributed by atoms with Crippen LogP contribution < -0.4 is 5.32 Å². The molecular weight excluding hydrogens is 248 g/mol. The first-order valence-electron chi connectivity index (χ1n) is 5.47. The van der Waals surface area contributed by atoms with Crippen LogP contribution in [0.4, 0.5) is 5.69 Å². The highest BCUT2D eigenvalue weighted by Crippen LogP contribution is 2.28. The number of aromatic nitrogens is 1. The van der Waals surface area contributed by atoms with Gasteiger partial charge in [0.1, 0.15) is 5.01 Å². The van der Waals surface area contributed by atoms with E-state index in [1.54, 1.807) is 22.7 Å². The van der Waals surface area contributed by atoms with E-state index < -0.39 is 0 Å². The molecule has 2 nitrogen and oxygen atoms in total. The Bertz CT molecular complexity index is 580. The standard InChI is InChI=1S/C13H12N2S2/c1-9(14-10-6-7-16-8-10)13-15-11-4-2-3-5-12(11)17-13/h2-9,14H,1H3. The molecule has 3 aromatic rings. The normalized spacial score (nSPS) is 12.8. The topological polar surface area (TPSA) is 24.9 Å². The van der Waals surface area contributed by atoms with Gasteiger partial charge in [0.15, 0.2) is 0 Å². The van der Waals surface area contributed by atoms with Crippen molar-refractivity contribution in [1.82, 2.24) is 4.98 Å². The monoisotopic (exact) mass is 260 g/mol. The minimum atomic E-state index is 0.252. The van der Waals surface area contributed by atoms with E-state index in [-0.39, 0.29) is 6.04 Å². The molecule has 0 bridgehead atoms. The molecule has 86 valence electrons. The van der Waals surface area contributed by atoms with E-state index in [1.807, 2.05) is 6.07 Å². The Hall–Kier alpha value is -1.39. The Balaban J connectivity index is 1.88. The van der Waals surface area contributed by atoms with Crippen molar-refractivity contribution in [3.05, 3.63) is 46.1 Å². The van der Waals surface area contributed by atoms with Gasteiger partial charge in [-0.15, -0.1) is 11.3 Å². The zero-order valence-corrected chi connectivity index (χ0v) is 11.0. The summed E-state index contributed by atoms with van der Waals surface area (Å²) in [5.74, 6) is 0. The third-order valence-electron chi connectivity index (χ3n) is 2.59. The summed E-state index contributed by atoms with van der Waals surface area (Å²) in [6.45, 7) is 2.15. The summed E-state index contributed by atoms with van der Waals surface area (Å²) in [5.41, 5.74) is 2.26. The van der Waals surface area contributed by atoms with Gasteiger partial charge in [-0.1, -0.05) is 12.1 Å². The molecule has 1 aromatic carbocycles. The summed E-state index contributed by atoms with van der Waals surface area (Å²) < 4.78 is 1.25. The minimum Gasteiger partial charge on any atom is -0.375 e. The molecule has 2 heterocycles. The van der Waals surface area contributed by atoms with Gasteiger partial charge in [-0.2, -0.15) is 11.3 Å². The number of rotatable bonds is 3. The van der Waals surface area contributed by atoms with Gasteiger partial charge in [-0.05, 0) is 30.5 Å². The molecule has 1 atom stereocenters. The van der Waals surface area contributed by atoms with Gasteiger partial charge in [0, 0.05) is 11.1 Å². The number of nitrogens with one attached hydrogen (secondary N) is 1. The van der Waals surface area contributed by atoms with E-state index in [0.29, 0.717) is 0 Å². The Morgan fingerprint density at radius 3 is 2.88 bits per heavy atom. The number of nitrogens with zero attached hydrogens (tertiary/aromatic N) is 1. The summed E-state index contributed by atoms with van der Waals surface area (Å²) in [7, 11) is 0. The van der Waals surface area contributed by atoms with Crippen molar-refractivity contribution in [2.24, 2.45) is 0 Å². The number of para-hydroxylation sites is 1. The molecule has 0 saturated carbocycles. The second-order valence-electron chi connectivity index (χ2n) is 3.90. The maximum atomic E-state index is 4.65. The molecule has 0 fully saturated rings. The van der Waals surface area contributed by atoms with Crippen molar-refractivity contribution in [3.8, 4) is 0 Å². The Labute approximate surface area is 108 Å². The highest BCUT2D eigenvalue weighted by atomic mass is 32.1. The average molecular weight is 260 g/mol. The molecule has 17 heavy (non-hydrogen) atoms. The van der Waals surface area contributed by atoms with Crippen molar-refractivity contribution in [2.75, 3.05) is 5.32 Å². The quantitative estimate of drug-likeness (QED) is 0.748. The van der Waals surface area contributed by atoms with Crippen molar-refractivity contribution >= 4 is 38.6 Å². The average Bonchev–Trinajstić information content (AvgIpc) is 2.96. The highest BCUT2D eigenvalue weighted by Gasteiger charge is 2.11. The summed E-state index contributed by atoms with van der Waals surface area (Å²) in [6, 6.07) is 10.6. The highest BCUT2D eigenvalue weighted by molar-refractivity contribution is 7.18. The first kappa shape index (κ1) is 10.7. The SMILES string of the molecule is CC(Nc1ccsc1)c1nc2ccccc2s1. The van der Waals surface area contributed by atoms with Crippen LogP contribution in [0.25, 0.3) is 10.2 Å². The van der Waals surface area contributed by atoms with Crippen LogP contribution in [0.15, 0.2) is 41.1 Å². The first-order chi connectivity index (χ1) is 8.33. The molecule has 0 saturated heterocycles.